The van der Waals surface area contributed by atoms with Crippen molar-refractivity contribution in [3.05, 3.63) is 29.8 Å². The molecule has 1 aromatic rings. The molecule has 4 nitrogen and oxygen atoms in total. The molecule has 1 spiro atoms. The molecule has 2 aliphatic carbocycles. The summed E-state index contributed by atoms with van der Waals surface area (Å²) in [5.74, 6) is 1.88. The minimum atomic E-state index is -0.613. The summed E-state index contributed by atoms with van der Waals surface area (Å²) in [5, 5.41) is 9.84. The molecule has 1 aliphatic heterocycles. The van der Waals surface area contributed by atoms with E-state index in [1.807, 2.05) is 17.9 Å². The van der Waals surface area contributed by atoms with Gasteiger partial charge in [0.1, 0.15) is 5.75 Å². The molecule has 136 valence electrons. The Morgan fingerprint density at radius 2 is 1.92 bits per heavy atom. The maximum absolute atomic E-state index is 12.5. The molecule has 1 saturated heterocycles. The van der Waals surface area contributed by atoms with Crippen LogP contribution in [0.1, 0.15) is 56.9 Å². The van der Waals surface area contributed by atoms with Gasteiger partial charge in [-0.2, -0.15) is 0 Å². The first kappa shape index (κ1) is 16.9. The number of amides is 1. The van der Waals surface area contributed by atoms with E-state index in [9.17, 15) is 9.90 Å². The van der Waals surface area contributed by atoms with Gasteiger partial charge in [0.05, 0.1) is 12.7 Å². The summed E-state index contributed by atoms with van der Waals surface area (Å²) in [5.41, 5.74) is 1.13. The first-order chi connectivity index (χ1) is 11.9. The molecule has 25 heavy (non-hydrogen) atoms. The first-order valence-electron chi connectivity index (χ1n) is 9.55. The van der Waals surface area contributed by atoms with Crippen molar-refractivity contribution in [3.8, 4) is 5.75 Å². The van der Waals surface area contributed by atoms with Crippen LogP contribution in [-0.2, 0) is 4.79 Å². The van der Waals surface area contributed by atoms with Crippen LogP contribution in [0.3, 0.4) is 0 Å². The molecule has 0 bridgehead atoms. The van der Waals surface area contributed by atoms with Crippen molar-refractivity contribution in [2.45, 2.75) is 57.0 Å². The zero-order chi connectivity index (χ0) is 17.7. The second-order valence-electron chi connectivity index (χ2n) is 8.85. The lowest BCUT2D eigenvalue weighted by Gasteiger charge is -2.55. The van der Waals surface area contributed by atoms with Gasteiger partial charge in [0.15, 0.2) is 0 Å². The average Bonchev–Trinajstić information content (AvgIpc) is 2.57. The number of carbonyl (C=O) groups is 1. The largest absolute Gasteiger partial charge is 0.497 e. The van der Waals surface area contributed by atoms with E-state index in [2.05, 4.69) is 18.2 Å². The minimum Gasteiger partial charge on any atom is -0.497 e. The van der Waals surface area contributed by atoms with E-state index in [1.165, 1.54) is 31.2 Å². The van der Waals surface area contributed by atoms with Crippen molar-refractivity contribution < 1.29 is 14.6 Å². The Morgan fingerprint density at radius 1 is 1.24 bits per heavy atom. The van der Waals surface area contributed by atoms with Crippen LogP contribution >= 0.6 is 0 Å². The van der Waals surface area contributed by atoms with Crippen molar-refractivity contribution in [3.63, 3.8) is 0 Å². The molecule has 2 saturated carbocycles. The number of benzene rings is 1. The number of hydrogen-bond acceptors (Lipinski definition) is 3. The number of methoxy groups -OCH3 is 1. The molecule has 0 unspecified atom stereocenters. The normalized spacial score (nSPS) is 31.3. The molecule has 0 radical (unpaired) electrons. The molecule has 4 heteroatoms. The fourth-order valence-electron chi connectivity index (χ4n) is 5.13. The SMILES string of the molecule is COc1cccc(C2CCC3(CC2)CN(C(=O)[C@H]2C[C@@](C)(O)C2)C3)c1. The minimum absolute atomic E-state index is 0.0560. The van der Waals surface area contributed by atoms with E-state index < -0.39 is 5.60 Å². The molecule has 1 N–H and O–H groups in total. The fourth-order valence-corrected chi connectivity index (χ4v) is 5.13. The molecule has 0 atom stereocenters. The number of aliphatic hydroxyl groups is 1. The summed E-state index contributed by atoms with van der Waals surface area (Å²) in [4.78, 5) is 14.5. The zero-order valence-electron chi connectivity index (χ0n) is 15.3. The zero-order valence-corrected chi connectivity index (χ0v) is 15.3. The molecule has 0 aromatic heterocycles. The van der Waals surface area contributed by atoms with Gasteiger partial charge in [-0.3, -0.25) is 4.79 Å². The van der Waals surface area contributed by atoms with Crippen LogP contribution in [0, 0.1) is 11.3 Å². The Balaban J connectivity index is 1.29. The second-order valence-corrected chi connectivity index (χ2v) is 8.85. The molecule has 1 heterocycles. The van der Waals surface area contributed by atoms with Crippen LogP contribution in [-0.4, -0.2) is 41.7 Å². The van der Waals surface area contributed by atoms with Gasteiger partial charge in [-0.1, -0.05) is 12.1 Å². The summed E-state index contributed by atoms with van der Waals surface area (Å²) >= 11 is 0. The van der Waals surface area contributed by atoms with Crippen molar-refractivity contribution >= 4 is 5.91 Å². The second kappa shape index (κ2) is 6.01. The predicted molar refractivity (Wildman–Crippen MR) is 96.6 cm³/mol. The van der Waals surface area contributed by atoms with Gasteiger partial charge in [-0.25, -0.2) is 0 Å². The molecular weight excluding hydrogens is 314 g/mol. The lowest BCUT2D eigenvalue weighted by Crippen LogP contribution is -2.62. The van der Waals surface area contributed by atoms with Crippen molar-refractivity contribution in [2.75, 3.05) is 20.2 Å². The quantitative estimate of drug-likeness (QED) is 0.916. The Bertz CT molecular complexity index is 645. The van der Waals surface area contributed by atoms with Crippen molar-refractivity contribution in [1.82, 2.24) is 4.90 Å². The van der Waals surface area contributed by atoms with Crippen LogP contribution in [0.15, 0.2) is 24.3 Å². The molecule has 1 aromatic carbocycles. The number of hydrogen-bond donors (Lipinski definition) is 1. The van der Waals surface area contributed by atoms with Gasteiger partial charge >= 0.3 is 0 Å². The van der Waals surface area contributed by atoms with Gasteiger partial charge in [0.2, 0.25) is 5.91 Å². The summed E-state index contributed by atoms with van der Waals surface area (Å²) in [6.45, 7) is 3.68. The van der Waals surface area contributed by atoms with Crippen LogP contribution < -0.4 is 4.74 Å². The smallest absolute Gasteiger partial charge is 0.225 e. The third-order valence-electron chi connectivity index (χ3n) is 6.70. The lowest BCUT2D eigenvalue weighted by atomic mass is 9.64. The lowest BCUT2D eigenvalue weighted by molar-refractivity contribution is -0.163. The van der Waals surface area contributed by atoms with Gasteiger partial charge < -0.3 is 14.7 Å². The third kappa shape index (κ3) is 3.17. The average molecular weight is 343 g/mol. The van der Waals surface area contributed by atoms with Crippen molar-refractivity contribution in [1.29, 1.82) is 0 Å². The maximum atomic E-state index is 12.5. The maximum Gasteiger partial charge on any atom is 0.225 e. The Hall–Kier alpha value is -1.55. The molecule has 1 amide bonds. The third-order valence-corrected chi connectivity index (χ3v) is 6.70. The van der Waals surface area contributed by atoms with E-state index in [4.69, 9.17) is 4.74 Å². The highest BCUT2D eigenvalue weighted by Crippen LogP contribution is 2.50. The van der Waals surface area contributed by atoms with E-state index in [-0.39, 0.29) is 11.8 Å². The topological polar surface area (TPSA) is 49.8 Å². The molecule has 3 aliphatic rings. The first-order valence-corrected chi connectivity index (χ1v) is 9.55. The number of nitrogens with zero attached hydrogens (tertiary/aromatic N) is 1. The van der Waals surface area contributed by atoms with Gasteiger partial charge in [0.25, 0.3) is 0 Å². The molecule has 4 rings (SSSR count). The summed E-state index contributed by atoms with van der Waals surface area (Å²) in [6, 6.07) is 8.46. The van der Waals surface area contributed by atoms with Gasteiger partial charge in [-0.15, -0.1) is 0 Å². The van der Waals surface area contributed by atoms with E-state index >= 15 is 0 Å². The summed E-state index contributed by atoms with van der Waals surface area (Å²) in [6.07, 6.45) is 6.09. The number of rotatable bonds is 3. The molecule has 3 fully saturated rings. The molecular formula is C21H29NO3. The monoisotopic (exact) mass is 343 g/mol. The highest BCUT2D eigenvalue weighted by Gasteiger charge is 2.51. The highest BCUT2D eigenvalue weighted by atomic mass is 16.5. The number of ether oxygens (including phenoxy) is 1. The predicted octanol–water partition coefficient (Wildman–Crippen LogP) is 3.34. The van der Waals surface area contributed by atoms with Gasteiger partial charge in [0, 0.05) is 24.4 Å². The van der Waals surface area contributed by atoms with E-state index in [1.54, 1.807) is 7.11 Å². The van der Waals surface area contributed by atoms with Crippen molar-refractivity contribution in [2.24, 2.45) is 11.3 Å². The Labute approximate surface area is 150 Å². The van der Waals surface area contributed by atoms with Crippen LogP contribution in [0.5, 0.6) is 5.75 Å². The Kier molecular flexibility index (Phi) is 4.06. The van der Waals surface area contributed by atoms with Crippen LogP contribution in [0.25, 0.3) is 0 Å². The standard InChI is InChI=1S/C21H29NO3/c1-20(24)11-17(12-20)19(23)22-13-21(14-22)8-6-15(7-9-21)16-4-3-5-18(10-16)25-2/h3-5,10,15,17,24H,6-9,11-14H2,1-2H3/t17-,20+. The van der Waals surface area contributed by atoms with E-state index in [0.717, 1.165) is 18.8 Å². The number of carbonyl (C=O) groups excluding carboxylic acids is 1. The summed E-state index contributed by atoms with van der Waals surface area (Å²) < 4.78 is 5.35. The highest BCUT2D eigenvalue weighted by molar-refractivity contribution is 5.81. The van der Waals surface area contributed by atoms with Crippen LogP contribution in [0.4, 0.5) is 0 Å². The summed E-state index contributed by atoms with van der Waals surface area (Å²) in [7, 11) is 1.72. The number of likely N-dealkylation sites (tertiary alicyclic amines) is 1. The van der Waals surface area contributed by atoms with E-state index in [0.29, 0.717) is 24.2 Å². The Morgan fingerprint density at radius 3 is 2.52 bits per heavy atom. The van der Waals surface area contributed by atoms with Gasteiger partial charge in [-0.05, 0) is 69.1 Å². The fraction of sp³-hybridized carbons (Fsp3) is 0.667. The van der Waals surface area contributed by atoms with Crippen LogP contribution in [0.2, 0.25) is 0 Å².